The van der Waals surface area contributed by atoms with Gasteiger partial charge in [0, 0.05) is 17.8 Å². The van der Waals surface area contributed by atoms with E-state index in [0.717, 1.165) is 0 Å². The summed E-state index contributed by atoms with van der Waals surface area (Å²) < 4.78 is 15.8. The number of imidazole rings is 1. The Kier molecular flexibility index (Phi) is 5.46. The molecule has 0 aliphatic heterocycles. The number of rotatable bonds is 7. The molecule has 11 heteroatoms. The normalized spacial score (nSPS) is 10.5. The van der Waals surface area contributed by atoms with Crippen LogP contribution in [0.25, 0.3) is 11.2 Å². The molecule has 0 bridgehead atoms. The number of nitrogens with zero attached hydrogens (tertiary/aromatic N) is 3. The summed E-state index contributed by atoms with van der Waals surface area (Å²) in [6.07, 6.45) is 1.47. The van der Waals surface area contributed by atoms with Crippen LogP contribution >= 0.6 is 11.6 Å². The van der Waals surface area contributed by atoms with E-state index < -0.39 is 0 Å². The Labute approximate surface area is 159 Å². The molecule has 1 aromatic carbocycles. The molecule has 0 unspecified atom stereocenters. The van der Waals surface area contributed by atoms with Gasteiger partial charge in [0.2, 0.25) is 16.9 Å². The van der Waals surface area contributed by atoms with Crippen LogP contribution in [0.1, 0.15) is 0 Å². The van der Waals surface area contributed by atoms with Crippen LogP contribution in [0.15, 0.2) is 18.5 Å². The lowest BCUT2D eigenvalue weighted by molar-refractivity contribution is -0.114. The van der Waals surface area contributed by atoms with Crippen molar-refractivity contribution >= 4 is 40.2 Å². The molecule has 3 rings (SSSR count). The molecule has 0 saturated heterocycles. The van der Waals surface area contributed by atoms with E-state index in [1.165, 1.54) is 27.7 Å². The van der Waals surface area contributed by atoms with E-state index in [4.69, 9.17) is 25.8 Å². The average Bonchev–Trinajstić information content (AvgIpc) is 3.13. The molecule has 0 atom stereocenters. The first-order valence-corrected chi connectivity index (χ1v) is 8.13. The number of anilines is 2. The SMILES string of the molecule is COc1cc(NC(=O)CNc2nc(Cl)nc3nc[nH]c23)cc(OC)c1OC. The number of carbonyl (C=O) groups is 1. The Hall–Kier alpha value is -3.27. The van der Waals surface area contributed by atoms with Crippen LogP contribution < -0.4 is 24.8 Å². The smallest absolute Gasteiger partial charge is 0.243 e. The highest BCUT2D eigenvalue weighted by Gasteiger charge is 2.15. The average molecular weight is 393 g/mol. The van der Waals surface area contributed by atoms with Crippen molar-refractivity contribution in [3.63, 3.8) is 0 Å². The third kappa shape index (κ3) is 3.95. The molecule has 10 nitrogen and oxygen atoms in total. The van der Waals surface area contributed by atoms with Crippen LogP contribution in [0.4, 0.5) is 11.5 Å². The molecular weight excluding hydrogens is 376 g/mol. The van der Waals surface area contributed by atoms with Crippen LogP contribution in [-0.2, 0) is 4.79 Å². The highest BCUT2D eigenvalue weighted by atomic mass is 35.5. The fourth-order valence-electron chi connectivity index (χ4n) is 2.46. The number of ether oxygens (including phenoxy) is 3. The summed E-state index contributed by atoms with van der Waals surface area (Å²) in [5.74, 6) is 1.37. The standard InChI is InChI=1S/C16H17ClN6O4/c1-25-9-4-8(5-10(26-2)13(9)27-3)21-11(24)6-18-14-12-15(20-7-19-12)23-16(17)22-14/h4-5,7H,6H2,1-3H3,(H,21,24)(H2,18,19,20,22,23). The Morgan fingerprint density at radius 2 is 1.85 bits per heavy atom. The monoisotopic (exact) mass is 392 g/mol. The van der Waals surface area contributed by atoms with Gasteiger partial charge in [0.1, 0.15) is 5.52 Å². The summed E-state index contributed by atoms with van der Waals surface area (Å²) in [5, 5.41) is 5.69. The minimum absolute atomic E-state index is 0.0298. The van der Waals surface area contributed by atoms with Gasteiger partial charge in [0.05, 0.1) is 34.2 Å². The lowest BCUT2D eigenvalue weighted by Crippen LogP contribution is -2.22. The second-order valence-electron chi connectivity index (χ2n) is 5.26. The molecule has 0 fully saturated rings. The third-order valence-electron chi connectivity index (χ3n) is 3.62. The predicted octanol–water partition coefficient (Wildman–Crippen LogP) is 2.08. The maximum atomic E-state index is 12.3. The first kappa shape index (κ1) is 18.5. The lowest BCUT2D eigenvalue weighted by Gasteiger charge is -2.14. The summed E-state index contributed by atoms with van der Waals surface area (Å²) in [4.78, 5) is 27.3. The number of amides is 1. The van der Waals surface area contributed by atoms with Gasteiger partial charge in [-0.15, -0.1) is 0 Å². The molecule has 2 heterocycles. The molecule has 0 spiro atoms. The minimum atomic E-state index is -0.313. The van der Waals surface area contributed by atoms with Crippen LogP contribution in [-0.4, -0.2) is 53.7 Å². The van der Waals surface area contributed by atoms with Crippen LogP contribution in [0, 0.1) is 0 Å². The molecule has 1 amide bonds. The highest BCUT2D eigenvalue weighted by molar-refractivity contribution is 6.28. The Bertz CT molecular complexity index is 952. The first-order chi connectivity index (χ1) is 13.0. The Morgan fingerprint density at radius 3 is 2.48 bits per heavy atom. The zero-order valence-corrected chi connectivity index (χ0v) is 15.5. The minimum Gasteiger partial charge on any atom is -0.493 e. The number of aromatic amines is 1. The molecule has 0 aliphatic carbocycles. The van der Waals surface area contributed by atoms with E-state index in [1.54, 1.807) is 12.1 Å². The van der Waals surface area contributed by atoms with Gasteiger partial charge in [-0.2, -0.15) is 9.97 Å². The van der Waals surface area contributed by atoms with Crippen molar-refractivity contribution < 1.29 is 19.0 Å². The molecule has 0 aliphatic rings. The number of halogens is 1. The molecule has 142 valence electrons. The largest absolute Gasteiger partial charge is 0.493 e. The van der Waals surface area contributed by atoms with Gasteiger partial charge in [-0.25, -0.2) is 4.98 Å². The van der Waals surface area contributed by atoms with Crippen molar-refractivity contribution in [2.75, 3.05) is 38.5 Å². The van der Waals surface area contributed by atoms with E-state index in [-0.39, 0.29) is 17.7 Å². The van der Waals surface area contributed by atoms with E-state index in [2.05, 4.69) is 30.6 Å². The Balaban J connectivity index is 1.73. The number of nitrogens with one attached hydrogen (secondary N) is 3. The van der Waals surface area contributed by atoms with Crippen molar-refractivity contribution in [3.8, 4) is 17.2 Å². The van der Waals surface area contributed by atoms with Crippen molar-refractivity contribution in [2.45, 2.75) is 0 Å². The number of aromatic nitrogens is 4. The molecular formula is C16H17ClN6O4. The second kappa shape index (κ2) is 7.96. The summed E-state index contributed by atoms with van der Waals surface area (Å²) >= 11 is 5.86. The topological polar surface area (TPSA) is 123 Å². The summed E-state index contributed by atoms with van der Waals surface area (Å²) in [6, 6.07) is 3.27. The van der Waals surface area contributed by atoms with Gasteiger partial charge in [-0.1, -0.05) is 0 Å². The van der Waals surface area contributed by atoms with E-state index >= 15 is 0 Å². The molecule has 2 aromatic heterocycles. The summed E-state index contributed by atoms with van der Waals surface area (Å²) in [5.41, 5.74) is 1.45. The highest BCUT2D eigenvalue weighted by Crippen LogP contribution is 2.39. The molecule has 3 aromatic rings. The zero-order chi connectivity index (χ0) is 19.4. The van der Waals surface area contributed by atoms with Crippen molar-refractivity contribution in [2.24, 2.45) is 0 Å². The quantitative estimate of drug-likeness (QED) is 0.522. The molecule has 27 heavy (non-hydrogen) atoms. The molecule has 3 N–H and O–H groups in total. The number of methoxy groups -OCH3 is 3. The van der Waals surface area contributed by atoms with Crippen LogP contribution in [0.3, 0.4) is 0 Å². The maximum Gasteiger partial charge on any atom is 0.243 e. The van der Waals surface area contributed by atoms with Gasteiger partial charge in [-0.3, -0.25) is 4.79 Å². The number of carbonyl (C=O) groups excluding carboxylic acids is 1. The van der Waals surface area contributed by atoms with E-state index in [9.17, 15) is 4.79 Å². The van der Waals surface area contributed by atoms with Gasteiger partial charge in [-0.05, 0) is 11.6 Å². The zero-order valence-electron chi connectivity index (χ0n) is 14.8. The number of benzene rings is 1. The van der Waals surface area contributed by atoms with Gasteiger partial charge >= 0.3 is 0 Å². The van der Waals surface area contributed by atoms with Crippen LogP contribution in [0.2, 0.25) is 5.28 Å². The second-order valence-corrected chi connectivity index (χ2v) is 5.60. The Morgan fingerprint density at radius 1 is 1.15 bits per heavy atom. The van der Waals surface area contributed by atoms with Crippen molar-refractivity contribution in [1.82, 2.24) is 19.9 Å². The molecule has 0 saturated carbocycles. The fourth-order valence-corrected chi connectivity index (χ4v) is 2.62. The summed E-state index contributed by atoms with van der Waals surface area (Å²) in [7, 11) is 4.50. The maximum absolute atomic E-state index is 12.3. The van der Waals surface area contributed by atoms with Gasteiger partial charge in [0.25, 0.3) is 0 Å². The first-order valence-electron chi connectivity index (χ1n) is 7.76. The number of hydrogen-bond acceptors (Lipinski definition) is 8. The van der Waals surface area contributed by atoms with E-state index in [0.29, 0.717) is 39.9 Å². The predicted molar refractivity (Wildman–Crippen MR) is 99.9 cm³/mol. The fraction of sp³-hybridized carbons (Fsp3) is 0.250. The lowest BCUT2D eigenvalue weighted by atomic mass is 10.2. The number of H-pyrrole nitrogens is 1. The van der Waals surface area contributed by atoms with E-state index in [1.807, 2.05) is 0 Å². The number of fused-ring (bicyclic) bond motifs is 1. The van der Waals surface area contributed by atoms with Crippen LogP contribution in [0.5, 0.6) is 17.2 Å². The third-order valence-corrected chi connectivity index (χ3v) is 3.79. The summed E-state index contributed by atoms with van der Waals surface area (Å²) in [6.45, 7) is -0.0574. The van der Waals surface area contributed by atoms with Crippen molar-refractivity contribution in [1.29, 1.82) is 0 Å². The number of hydrogen-bond donors (Lipinski definition) is 3. The molecule has 0 radical (unpaired) electrons. The van der Waals surface area contributed by atoms with Gasteiger partial charge in [0.15, 0.2) is 23.0 Å². The van der Waals surface area contributed by atoms with Crippen molar-refractivity contribution in [3.05, 3.63) is 23.7 Å². The van der Waals surface area contributed by atoms with Gasteiger partial charge < -0.3 is 29.8 Å².